The summed E-state index contributed by atoms with van der Waals surface area (Å²) in [5, 5.41) is 27.6. The Balaban J connectivity index is 1.46. The third-order valence-corrected chi connectivity index (χ3v) is 4.80. The van der Waals surface area contributed by atoms with E-state index in [0.29, 0.717) is 5.82 Å². The number of nitrogens with one attached hydrogen (secondary N) is 2. The van der Waals surface area contributed by atoms with Crippen molar-refractivity contribution in [1.29, 1.82) is 0 Å². The van der Waals surface area contributed by atoms with Crippen LogP contribution in [0, 0.1) is 0 Å². The van der Waals surface area contributed by atoms with Gasteiger partial charge in [-0.2, -0.15) is 18.4 Å². The summed E-state index contributed by atoms with van der Waals surface area (Å²) in [4.78, 5) is 4.22. The molecular weight excluding hydrogens is 383 g/mol. The molecule has 0 bridgehead atoms. The van der Waals surface area contributed by atoms with Crippen molar-refractivity contribution in [2.75, 3.05) is 5.32 Å². The number of benzene rings is 1. The van der Waals surface area contributed by atoms with Crippen LogP contribution in [0.3, 0.4) is 0 Å². The highest BCUT2D eigenvalue weighted by Gasteiger charge is 2.35. The van der Waals surface area contributed by atoms with Crippen LogP contribution in [-0.4, -0.2) is 41.3 Å². The molecule has 0 saturated carbocycles. The molecular formula is C15H12F3N7OS. The van der Waals surface area contributed by atoms with Gasteiger partial charge in [-0.3, -0.25) is 4.40 Å². The number of halogens is 3. The van der Waals surface area contributed by atoms with Crippen molar-refractivity contribution in [1.82, 2.24) is 30.0 Å². The van der Waals surface area contributed by atoms with Gasteiger partial charge < -0.3 is 10.4 Å². The van der Waals surface area contributed by atoms with Crippen molar-refractivity contribution in [3.05, 3.63) is 47.2 Å². The number of alkyl halides is 3. The van der Waals surface area contributed by atoms with E-state index in [0.717, 1.165) is 38.6 Å². The zero-order chi connectivity index (χ0) is 19.0. The Morgan fingerprint density at radius 3 is 2.70 bits per heavy atom. The SMILES string of the molecule is OC(Cc1ccc(-c2nn[nH]n2)cc1)Nc1ncn2c(C(F)(F)F)csc12. The van der Waals surface area contributed by atoms with E-state index < -0.39 is 18.1 Å². The lowest BCUT2D eigenvalue weighted by Crippen LogP contribution is -2.21. The summed E-state index contributed by atoms with van der Waals surface area (Å²) in [5.41, 5.74) is 0.790. The summed E-state index contributed by atoms with van der Waals surface area (Å²) >= 11 is 0.907. The average molecular weight is 395 g/mol. The van der Waals surface area contributed by atoms with Gasteiger partial charge in [0, 0.05) is 17.4 Å². The van der Waals surface area contributed by atoms with Gasteiger partial charge in [-0.25, -0.2) is 4.98 Å². The molecule has 0 aliphatic carbocycles. The summed E-state index contributed by atoms with van der Waals surface area (Å²) in [5.74, 6) is 0.658. The number of nitrogens with zero attached hydrogens (tertiary/aromatic N) is 5. The molecule has 1 atom stereocenters. The molecule has 0 saturated heterocycles. The Hall–Kier alpha value is -2.99. The van der Waals surface area contributed by atoms with Crippen molar-refractivity contribution >= 4 is 22.0 Å². The first-order chi connectivity index (χ1) is 12.9. The van der Waals surface area contributed by atoms with E-state index in [1.54, 1.807) is 24.3 Å². The molecule has 8 nitrogen and oxygen atoms in total. The number of aliphatic hydroxyl groups excluding tert-OH is 1. The highest BCUT2D eigenvalue weighted by Crippen LogP contribution is 2.35. The summed E-state index contributed by atoms with van der Waals surface area (Å²) in [6.07, 6.45) is -4.15. The Labute approximate surface area is 153 Å². The maximum Gasteiger partial charge on any atom is 0.432 e. The van der Waals surface area contributed by atoms with Crippen LogP contribution in [0.2, 0.25) is 0 Å². The van der Waals surface area contributed by atoms with E-state index in [4.69, 9.17) is 0 Å². The van der Waals surface area contributed by atoms with Gasteiger partial charge in [0.15, 0.2) is 5.82 Å². The third-order valence-electron chi connectivity index (χ3n) is 3.85. The molecule has 4 rings (SSSR count). The Kier molecular flexibility index (Phi) is 4.28. The first kappa shape index (κ1) is 17.4. The average Bonchev–Trinajstić information content (AvgIpc) is 3.33. The number of aromatic amines is 1. The van der Waals surface area contributed by atoms with Gasteiger partial charge >= 0.3 is 6.18 Å². The monoisotopic (exact) mass is 395 g/mol. The van der Waals surface area contributed by atoms with Gasteiger partial charge in [0.25, 0.3) is 0 Å². The van der Waals surface area contributed by atoms with E-state index in [2.05, 4.69) is 30.9 Å². The van der Waals surface area contributed by atoms with Crippen molar-refractivity contribution in [2.24, 2.45) is 0 Å². The quantitative estimate of drug-likeness (QED) is 0.449. The molecule has 3 aromatic heterocycles. The lowest BCUT2D eigenvalue weighted by atomic mass is 10.1. The summed E-state index contributed by atoms with van der Waals surface area (Å²) in [6.45, 7) is 0. The number of aromatic nitrogens is 6. The molecule has 3 N–H and O–H groups in total. The van der Waals surface area contributed by atoms with Crippen LogP contribution >= 0.6 is 11.3 Å². The summed E-state index contributed by atoms with van der Waals surface area (Å²) in [6, 6.07) is 7.17. The van der Waals surface area contributed by atoms with E-state index in [-0.39, 0.29) is 17.1 Å². The van der Waals surface area contributed by atoms with Crippen molar-refractivity contribution in [3.63, 3.8) is 0 Å². The molecule has 0 radical (unpaired) electrons. The zero-order valence-electron chi connectivity index (χ0n) is 13.5. The molecule has 140 valence electrons. The number of hydrogen-bond donors (Lipinski definition) is 3. The highest BCUT2D eigenvalue weighted by atomic mass is 32.1. The first-order valence-corrected chi connectivity index (χ1v) is 8.59. The van der Waals surface area contributed by atoms with Crippen LogP contribution < -0.4 is 5.32 Å². The topological polar surface area (TPSA) is 104 Å². The van der Waals surface area contributed by atoms with Crippen molar-refractivity contribution < 1.29 is 18.3 Å². The van der Waals surface area contributed by atoms with Crippen molar-refractivity contribution in [3.8, 4) is 11.4 Å². The number of hydrogen-bond acceptors (Lipinski definition) is 7. The normalized spacial score (nSPS) is 13.2. The van der Waals surface area contributed by atoms with Crippen LogP contribution in [0.1, 0.15) is 11.3 Å². The Bertz CT molecular complexity index is 1040. The number of fused-ring (bicyclic) bond motifs is 1. The fourth-order valence-corrected chi connectivity index (χ4v) is 3.55. The van der Waals surface area contributed by atoms with Crippen LogP contribution in [0.5, 0.6) is 0 Å². The number of H-pyrrole nitrogens is 1. The van der Waals surface area contributed by atoms with Gasteiger partial charge in [-0.05, 0) is 10.8 Å². The molecule has 1 unspecified atom stereocenters. The van der Waals surface area contributed by atoms with Crippen LogP contribution in [0.4, 0.5) is 19.0 Å². The molecule has 1 aromatic carbocycles. The summed E-state index contributed by atoms with van der Waals surface area (Å²) < 4.78 is 39.7. The van der Waals surface area contributed by atoms with Crippen LogP contribution in [-0.2, 0) is 12.6 Å². The number of thiazole rings is 1. The number of aliphatic hydroxyl groups is 1. The minimum absolute atomic E-state index is 0.200. The van der Waals surface area contributed by atoms with E-state index in [9.17, 15) is 18.3 Å². The Morgan fingerprint density at radius 1 is 1.26 bits per heavy atom. The minimum Gasteiger partial charge on any atom is -0.373 e. The number of anilines is 1. The molecule has 0 spiro atoms. The maximum atomic E-state index is 12.9. The van der Waals surface area contributed by atoms with Gasteiger partial charge in [0.1, 0.15) is 23.1 Å². The standard InChI is InChI=1S/C15H12F3N7OS/c16-15(17,18)10-6-27-14-13(19-7-25(10)14)20-11(26)5-8-1-3-9(4-2-8)12-21-23-24-22-12/h1-4,6-7,11,20,26H,5H2,(H,21,22,23,24). The van der Waals surface area contributed by atoms with Crippen LogP contribution in [0.15, 0.2) is 36.0 Å². The smallest absolute Gasteiger partial charge is 0.373 e. The molecule has 3 heterocycles. The number of tetrazole rings is 1. The molecule has 0 aliphatic heterocycles. The molecule has 27 heavy (non-hydrogen) atoms. The third kappa shape index (κ3) is 3.48. The summed E-state index contributed by atoms with van der Waals surface area (Å²) in [7, 11) is 0. The second kappa shape index (κ2) is 6.63. The fraction of sp³-hybridized carbons (Fsp3) is 0.200. The molecule has 4 aromatic rings. The number of imidazole rings is 1. The lowest BCUT2D eigenvalue weighted by Gasteiger charge is -2.12. The van der Waals surface area contributed by atoms with Gasteiger partial charge in [-0.15, -0.1) is 21.5 Å². The fourth-order valence-electron chi connectivity index (χ4n) is 2.60. The second-order valence-corrected chi connectivity index (χ2v) is 6.54. The van der Waals surface area contributed by atoms with Crippen LogP contribution in [0.25, 0.3) is 16.2 Å². The molecule has 12 heteroatoms. The zero-order valence-corrected chi connectivity index (χ0v) is 14.3. The van der Waals surface area contributed by atoms with Gasteiger partial charge in [0.05, 0.1) is 0 Å². The molecule has 0 fully saturated rings. The largest absolute Gasteiger partial charge is 0.432 e. The second-order valence-electron chi connectivity index (χ2n) is 5.68. The highest BCUT2D eigenvalue weighted by molar-refractivity contribution is 7.16. The molecule has 0 amide bonds. The predicted molar refractivity (Wildman–Crippen MR) is 91.0 cm³/mol. The minimum atomic E-state index is -4.46. The van der Waals surface area contributed by atoms with Gasteiger partial charge in [-0.1, -0.05) is 24.3 Å². The molecule has 0 aliphatic rings. The van der Waals surface area contributed by atoms with E-state index >= 15 is 0 Å². The van der Waals surface area contributed by atoms with E-state index in [1.165, 1.54) is 0 Å². The number of rotatable bonds is 5. The first-order valence-electron chi connectivity index (χ1n) is 7.71. The van der Waals surface area contributed by atoms with E-state index in [1.807, 2.05) is 0 Å². The predicted octanol–water partition coefficient (Wildman–Crippen LogP) is 2.57. The van der Waals surface area contributed by atoms with Gasteiger partial charge in [0.2, 0.25) is 5.82 Å². The lowest BCUT2D eigenvalue weighted by molar-refractivity contribution is -0.141. The Morgan fingerprint density at radius 2 is 2.04 bits per heavy atom. The maximum absolute atomic E-state index is 12.9. The van der Waals surface area contributed by atoms with Crippen molar-refractivity contribution in [2.45, 2.75) is 18.8 Å².